The number of hydrogen-bond acceptors (Lipinski definition) is 5. The van der Waals surface area contributed by atoms with Gasteiger partial charge in [-0.2, -0.15) is 0 Å². The Bertz CT molecular complexity index is 897. The van der Waals surface area contributed by atoms with Crippen LogP contribution in [0.1, 0.15) is 24.5 Å². The number of aryl methyl sites for hydroxylation is 1. The van der Waals surface area contributed by atoms with Gasteiger partial charge in [-0.15, -0.1) is 0 Å². The van der Waals surface area contributed by atoms with Crippen LogP contribution in [0.4, 0.5) is 5.69 Å². The van der Waals surface area contributed by atoms with Gasteiger partial charge in [-0.3, -0.25) is 0 Å². The standard InChI is InChI=1S/C22H27N2O3S/c1-4-16-6-8-17(9-7-16)22(25)15-23(21-24(22)12-5-13-28-21)19-14-18(26-2)10-11-20(19)27-3/h6-11,14,25H,4-5,12-13,15H2,1-3H3/q+1/t22-/m0/s1. The van der Waals surface area contributed by atoms with Crippen LogP contribution in [0.15, 0.2) is 42.5 Å². The Morgan fingerprint density at radius 2 is 1.93 bits per heavy atom. The molecular weight excluding hydrogens is 372 g/mol. The zero-order chi connectivity index (χ0) is 19.7. The number of thioether (sulfide) groups is 1. The van der Waals surface area contributed by atoms with Gasteiger partial charge in [0.15, 0.2) is 18.0 Å². The van der Waals surface area contributed by atoms with Crippen molar-refractivity contribution in [2.24, 2.45) is 0 Å². The van der Waals surface area contributed by atoms with E-state index in [0.29, 0.717) is 6.54 Å². The molecule has 2 aromatic carbocycles. The molecule has 0 aliphatic carbocycles. The van der Waals surface area contributed by atoms with E-state index < -0.39 is 5.72 Å². The monoisotopic (exact) mass is 399 g/mol. The zero-order valence-electron chi connectivity index (χ0n) is 16.6. The number of β-amino-alcohol motifs (C(OH)–C–C–N with tert-alkyl or cyclic N) is 1. The van der Waals surface area contributed by atoms with Crippen LogP contribution < -0.4 is 14.4 Å². The Kier molecular flexibility index (Phi) is 5.25. The summed E-state index contributed by atoms with van der Waals surface area (Å²) in [7, 11) is 3.34. The maximum Gasteiger partial charge on any atom is 0.316 e. The van der Waals surface area contributed by atoms with Crippen LogP contribution in [0.2, 0.25) is 0 Å². The van der Waals surface area contributed by atoms with Crippen molar-refractivity contribution in [3.8, 4) is 11.5 Å². The van der Waals surface area contributed by atoms with Crippen molar-refractivity contribution in [3.63, 3.8) is 0 Å². The average molecular weight is 400 g/mol. The van der Waals surface area contributed by atoms with E-state index in [2.05, 4.69) is 40.7 Å². The topological polar surface area (TPSA) is 44.9 Å². The van der Waals surface area contributed by atoms with E-state index in [4.69, 9.17) is 9.47 Å². The summed E-state index contributed by atoms with van der Waals surface area (Å²) in [6.45, 7) is 3.42. The predicted molar refractivity (Wildman–Crippen MR) is 114 cm³/mol. The molecule has 0 unspecified atom stereocenters. The molecule has 2 aliphatic rings. The number of amidine groups is 1. The third-order valence-corrected chi connectivity index (χ3v) is 6.74. The van der Waals surface area contributed by atoms with Gasteiger partial charge in [0, 0.05) is 17.4 Å². The molecular formula is C22H27N2O3S+. The van der Waals surface area contributed by atoms with Crippen molar-refractivity contribution in [3.05, 3.63) is 53.6 Å². The van der Waals surface area contributed by atoms with Crippen LogP contribution in [0.3, 0.4) is 0 Å². The maximum absolute atomic E-state index is 11.8. The van der Waals surface area contributed by atoms with E-state index in [9.17, 15) is 5.11 Å². The van der Waals surface area contributed by atoms with Crippen molar-refractivity contribution in [2.45, 2.75) is 25.5 Å². The third-order valence-electron chi connectivity index (χ3n) is 5.55. The van der Waals surface area contributed by atoms with Crippen LogP contribution in [0.25, 0.3) is 0 Å². The highest BCUT2D eigenvalue weighted by molar-refractivity contribution is 8.13. The first-order valence-corrected chi connectivity index (χ1v) is 10.7. The van der Waals surface area contributed by atoms with Gasteiger partial charge in [0.05, 0.1) is 20.8 Å². The van der Waals surface area contributed by atoms with Crippen molar-refractivity contribution in [1.82, 2.24) is 0 Å². The van der Waals surface area contributed by atoms with E-state index >= 15 is 0 Å². The minimum Gasteiger partial charge on any atom is -0.497 e. The summed E-state index contributed by atoms with van der Waals surface area (Å²) in [6.07, 6.45) is 2.04. The molecule has 5 nitrogen and oxygen atoms in total. The zero-order valence-corrected chi connectivity index (χ0v) is 17.5. The summed E-state index contributed by atoms with van der Waals surface area (Å²) in [5.41, 5.74) is 2.05. The highest BCUT2D eigenvalue weighted by Gasteiger charge is 2.53. The molecule has 2 aliphatic heterocycles. The fourth-order valence-electron chi connectivity index (χ4n) is 3.95. The molecule has 0 aromatic heterocycles. The summed E-state index contributed by atoms with van der Waals surface area (Å²) >= 11 is 1.79. The van der Waals surface area contributed by atoms with Crippen molar-refractivity contribution in [2.75, 3.05) is 38.0 Å². The van der Waals surface area contributed by atoms with E-state index in [-0.39, 0.29) is 0 Å². The van der Waals surface area contributed by atoms with Crippen LogP contribution in [-0.2, 0) is 12.1 Å². The highest BCUT2D eigenvalue weighted by Crippen LogP contribution is 2.41. The van der Waals surface area contributed by atoms with Gasteiger partial charge in [-0.05, 0) is 42.3 Å². The van der Waals surface area contributed by atoms with Crippen LogP contribution in [-0.4, -0.2) is 47.9 Å². The Morgan fingerprint density at radius 1 is 1.14 bits per heavy atom. The minimum absolute atomic E-state index is 0.449. The first-order valence-electron chi connectivity index (χ1n) is 9.69. The highest BCUT2D eigenvalue weighted by atomic mass is 32.2. The summed E-state index contributed by atoms with van der Waals surface area (Å²) in [5, 5.41) is 12.9. The lowest BCUT2D eigenvalue weighted by Gasteiger charge is -2.24. The number of anilines is 1. The fraction of sp³-hybridized carbons (Fsp3) is 0.409. The normalized spacial score (nSPS) is 21.6. The minimum atomic E-state index is -1.07. The Hall–Kier alpha value is -2.18. The summed E-state index contributed by atoms with van der Waals surface area (Å²) < 4.78 is 13.2. The van der Waals surface area contributed by atoms with E-state index in [1.165, 1.54) is 5.56 Å². The smallest absolute Gasteiger partial charge is 0.316 e. The lowest BCUT2D eigenvalue weighted by atomic mass is 9.99. The van der Waals surface area contributed by atoms with E-state index in [1.54, 1.807) is 26.0 Å². The molecule has 0 spiro atoms. The Labute approximate surface area is 170 Å². The van der Waals surface area contributed by atoms with Gasteiger partial charge in [0.2, 0.25) is 0 Å². The molecule has 0 fully saturated rings. The molecule has 0 saturated carbocycles. The average Bonchev–Trinajstić information content (AvgIpc) is 3.07. The van der Waals surface area contributed by atoms with Gasteiger partial charge in [-0.25, -0.2) is 9.48 Å². The van der Waals surface area contributed by atoms with Crippen LogP contribution in [0, 0.1) is 0 Å². The molecule has 148 valence electrons. The molecule has 0 saturated heterocycles. The van der Waals surface area contributed by atoms with Crippen molar-refractivity contribution >= 4 is 22.6 Å². The quantitative estimate of drug-likeness (QED) is 0.781. The second kappa shape index (κ2) is 7.68. The molecule has 4 rings (SSSR count). The second-order valence-corrected chi connectivity index (χ2v) is 8.19. The lowest BCUT2D eigenvalue weighted by molar-refractivity contribution is -0.656. The van der Waals surface area contributed by atoms with E-state index in [1.807, 2.05) is 18.2 Å². The van der Waals surface area contributed by atoms with Gasteiger partial charge in [0.25, 0.3) is 5.72 Å². The summed E-state index contributed by atoms with van der Waals surface area (Å²) in [6, 6.07) is 14.1. The first-order chi connectivity index (χ1) is 13.6. The van der Waals surface area contributed by atoms with Crippen molar-refractivity contribution in [1.29, 1.82) is 0 Å². The SMILES string of the molecule is CCc1ccc([C@@]2(O)CN(c3cc(OC)ccc3OC)C3=[N+]2CCCS3)cc1. The van der Waals surface area contributed by atoms with Gasteiger partial charge < -0.3 is 14.6 Å². The van der Waals surface area contributed by atoms with Gasteiger partial charge >= 0.3 is 5.17 Å². The number of benzene rings is 2. The summed E-state index contributed by atoms with van der Waals surface area (Å²) in [5.74, 6) is 2.58. The van der Waals surface area contributed by atoms with Crippen LogP contribution >= 0.6 is 11.8 Å². The largest absolute Gasteiger partial charge is 0.497 e. The summed E-state index contributed by atoms with van der Waals surface area (Å²) in [4.78, 5) is 2.17. The molecule has 2 aromatic rings. The maximum atomic E-state index is 11.8. The van der Waals surface area contributed by atoms with Gasteiger partial charge in [-0.1, -0.05) is 31.2 Å². The molecule has 28 heavy (non-hydrogen) atoms. The molecule has 0 radical (unpaired) electrons. The fourth-order valence-corrected chi connectivity index (χ4v) is 5.12. The number of ether oxygens (including phenoxy) is 2. The number of methoxy groups -OCH3 is 2. The number of aliphatic hydroxyl groups is 1. The molecule has 1 atom stereocenters. The van der Waals surface area contributed by atoms with Crippen molar-refractivity contribution < 1.29 is 19.2 Å². The molecule has 6 heteroatoms. The van der Waals surface area contributed by atoms with Crippen LogP contribution in [0.5, 0.6) is 11.5 Å². The van der Waals surface area contributed by atoms with E-state index in [0.717, 1.165) is 53.1 Å². The predicted octanol–water partition coefficient (Wildman–Crippen LogP) is 3.44. The first kappa shape index (κ1) is 19.2. The molecule has 2 heterocycles. The second-order valence-electron chi connectivity index (χ2n) is 7.13. The number of rotatable bonds is 5. The molecule has 0 amide bonds. The lowest BCUT2D eigenvalue weighted by Crippen LogP contribution is -2.41. The Morgan fingerprint density at radius 3 is 2.61 bits per heavy atom. The number of hydrogen-bond donors (Lipinski definition) is 1. The molecule has 1 N–H and O–H groups in total. The van der Waals surface area contributed by atoms with Gasteiger partial charge in [0.1, 0.15) is 5.75 Å². The Balaban J connectivity index is 1.80. The third kappa shape index (κ3) is 3.14. The number of nitrogens with zero attached hydrogens (tertiary/aromatic N) is 2. The molecule has 0 bridgehead atoms.